The number of carbonyl (C=O) groups is 1. The number of ether oxygens (including phenoxy) is 2. The Morgan fingerprint density at radius 3 is 2.70 bits per heavy atom. The molecule has 7 heteroatoms. The van der Waals surface area contributed by atoms with Crippen LogP contribution in [-0.4, -0.2) is 45.0 Å². The van der Waals surface area contributed by atoms with E-state index in [0.717, 1.165) is 0 Å². The summed E-state index contributed by atoms with van der Waals surface area (Å²) in [5.41, 5.74) is 0.648. The van der Waals surface area contributed by atoms with Crippen molar-refractivity contribution in [3.05, 3.63) is 29.8 Å². The minimum atomic E-state index is -3.51. The average molecular weight is 299 g/mol. The van der Waals surface area contributed by atoms with Crippen LogP contribution in [0.4, 0.5) is 0 Å². The third-order valence-corrected chi connectivity index (χ3v) is 4.84. The van der Waals surface area contributed by atoms with E-state index in [1.54, 1.807) is 18.2 Å². The molecule has 1 heterocycles. The summed E-state index contributed by atoms with van der Waals surface area (Å²) in [6.45, 7) is 2.92. The van der Waals surface area contributed by atoms with Gasteiger partial charge in [-0.1, -0.05) is 12.1 Å². The molecule has 0 saturated carbocycles. The zero-order valence-corrected chi connectivity index (χ0v) is 12.1. The second-order valence-electron chi connectivity index (χ2n) is 4.44. The monoisotopic (exact) mass is 299 g/mol. The number of benzene rings is 1. The van der Waals surface area contributed by atoms with Crippen LogP contribution in [-0.2, 0) is 30.9 Å². The predicted octanol–water partition coefficient (Wildman–Crippen LogP) is 0.771. The van der Waals surface area contributed by atoms with Gasteiger partial charge in [0.1, 0.15) is 6.61 Å². The van der Waals surface area contributed by atoms with Gasteiger partial charge in [-0.05, 0) is 17.7 Å². The number of morpholine rings is 1. The quantitative estimate of drug-likeness (QED) is 0.768. The summed E-state index contributed by atoms with van der Waals surface area (Å²) in [6, 6.07) is 6.45. The van der Waals surface area contributed by atoms with Crippen molar-refractivity contribution in [2.75, 3.05) is 26.3 Å². The maximum atomic E-state index is 12.4. The number of carbonyl (C=O) groups excluding carboxylic acids is 1. The van der Waals surface area contributed by atoms with E-state index >= 15 is 0 Å². The normalized spacial score (nSPS) is 16.9. The number of sulfonamides is 1. The predicted molar refractivity (Wildman–Crippen MR) is 71.5 cm³/mol. The molecule has 1 aliphatic rings. The highest BCUT2D eigenvalue weighted by molar-refractivity contribution is 7.89. The fourth-order valence-electron chi connectivity index (χ4n) is 1.92. The van der Waals surface area contributed by atoms with Crippen LogP contribution in [0.2, 0.25) is 0 Å². The Balaban J connectivity index is 2.18. The molecule has 1 aromatic carbocycles. The molecule has 2 rings (SSSR count). The summed E-state index contributed by atoms with van der Waals surface area (Å²) in [7, 11) is -3.51. The van der Waals surface area contributed by atoms with E-state index in [1.165, 1.54) is 17.3 Å². The summed E-state index contributed by atoms with van der Waals surface area (Å²) >= 11 is 0. The van der Waals surface area contributed by atoms with E-state index in [-0.39, 0.29) is 11.5 Å². The van der Waals surface area contributed by atoms with E-state index in [1.807, 2.05) is 0 Å². The van der Waals surface area contributed by atoms with E-state index in [9.17, 15) is 13.2 Å². The van der Waals surface area contributed by atoms with Gasteiger partial charge in [0.25, 0.3) is 0 Å². The van der Waals surface area contributed by atoms with Gasteiger partial charge in [-0.15, -0.1) is 0 Å². The zero-order chi connectivity index (χ0) is 14.6. The van der Waals surface area contributed by atoms with Gasteiger partial charge in [-0.2, -0.15) is 4.31 Å². The average Bonchev–Trinajstić information content (AvgIpc) is 2.46. The molecule has 1 aromatic rings. The molecular formula is C13H17NO5S. The topological polar surface area (TPSA) is 72.9 Å². The lowest BCUT2D eigenvalue weighted by molar-refractivity contribution is -0.142. The summed E-state index contributed by atoms with van der Waals surface area (Å²) in [4.78, 5) is 11.0. The van der Waals surface area contributed by atoms with Crippen LogP contribution in [0, 0.1) is 0 Å². The van der Waals surface area contributed by atoms with Gasteiger partial charge in [-0.25, -0.2) is 8.42 Å². The molecule has 1 aliphatic heterocycles. The van der Waals surface area contributed by atoms with Gasteiger partial charge in [0.15, 0.2) is 0 Å². The van der Waals surface area contributed by atoms with Crippen molar-refractivity contribution in [1.82, 2.24) is 4.31 Å². The molecule has 0 N–H and O–H groups in total. The SMILES string of the molecule is CC(=O)OCc1cccc(S(=O)(=O)N2CCOCC2)c1. The molecule has 0 aliphatic carbocycles. The van der Waals surface area contributed by atoms with Gasteiger partial charge in [0.2, 0.25) is 10.0 Å². The highest BCUT2D eigenvalue weighted by Crippen LogP contribution is 2.18. The van der Waals surface area contributed by atoms with E-state index < -0.39 is 16.0 Å². The molecule has 0 unspecified atom stereocenters. The fraction of sp³-hybridized carbons (Fsp3) is 0.462. The number of esters is 1. The van der Waals surface area contributed by atoms with Gasteiger partial charge in [0, 0.05) is 20.0 Å². The number of nitrogens with zero attached hydrogens (tertiary/aromatic N) is 1. The van der Waals surface area contributed by atoms with E-state index in [0.29, 0.717) is 31.9 Å². The first-order valence-electron chi connectivity index (χ1n) is 6.30. The second kappa shape index (κ2) is 6.34. The lowest BCUT2D eigenvalue weighted by Gasteiger charge is -2.26. The van der Waals surface area contributed by atoms with Crippen molar-refractivity contribution in [2.24, 2.45) is 0 Å². The molecule has 0 spiro atoms. The largest absolute Gasteiger partial charge is 0.461 e. The van der Waals surface area contributed by atoms with Crippen LogP contribution < -0.4 is 0 Å². The van der Waals surface area contributed by atoms with Crippen molar-refractivity contribution in [1.29, 1.82) is 0 Å². The fourth-order valence-corrected chi connectivity index (χ4v) is 3.40. The standard InChI is InChI=1S/C13H17NO5S/c1-11(15)19-10-12-3-2-4-13(9-12)20(16,17)14-5-7-18-8-6-14/h2-4,9H,5-8,10H2,1H3. The van der Waals surface area contributed by atoms with Crippen LogP contribution in [0.15, 0.2) is 29.2 Å². The van der Waals surface area contributed by atoms with Gasteiger partial charge in [0.05, 0.1) is 18.1 Å². The maximum Gasteiger partial charge on any atom is 0.302 e. The summed E-state index contributed by atoms with van der Waals surface area (Å²) in [6.07, 6.45) is 0. The Bertz CT molecular complexity index is 578. The second-order valence-corrected chi connectivity index (χ2v) is 6.38. The summed E-state index contributed by atoms with van der Waals surface area (Å²) in [5.74, 6) is -0.397. The lowest BCUT2D eigenvalue weighted by Crippen LogP contribution is -2.40. The Morgan fingerprint density at radius 1 is 1.35 bits per heavy atom. The van der Waals surface area contributed by atoms with Crippen LogP contribution in [0.3, 0.4) is 0 Å². The molecule has 0 aromatic heterocycles. The van der Waals surface area contributed by atoms with Crippen molar-refractivity contribution in [2.45, 2.75) is 18.4 Å². The Hall–Kier alpha value is -1.44. The lowest BCUT2D eigenvalue weighted by atomic mass is 10.2. The molecule has 0 bridgehead atoms. The van der Waals surface area contributed by atoms with Crippen molar-refractivity contribution < 1.29 is 22.7 Å². The summed E-state index contributed by atoms with van der Waals surface area (Å²) in [5, 5.41) is 0. The third kappa shape index (κ3) is 3.56. The molecule has 1 saturated heterocycles. The Morgan fingerprint density at radius 2 is 2.05 bits per heavy atom. The number of hydrogen-bond acceptors (Lipinski definition) is 5. The van der Waals surface area contributed by atoms with Crippen LogP contribution in [0.1, 0.15) is 12.5 Å². The molecule has 0 atom stereocenters. The smallest absolute Gasteiger partial charge is 0.302 e. The van der Waals surface area contributed by atoms with Gasteiger partial charge in [-0.3, -0.25) is 4.79 Å². The minimum Gasteiger partial charge on any atom is -0.461 e. The first kappa shape index (κ1) is 15.0. The van der Waals surface area contributed by atoms with Gasteiger partial charge >= 0.3 is 5.97 Å². The van der Waals surface area contributed by atoms with Crippen molar-refractivity contribution in [3.8, 4) is 0 Å². The molecular weight excluding hydrogens is 282 g/mol. The van der Waals surface area contributed by atoms with Crippen LogP contribution >= 0.6 is 0 Å². The molecule has 0 radical (unpaired) electrons. The highest BCUT2D eigenvalue weighted by atomic mass is 32.2. The highest BCUT2D eigenvalue weighted by Gasteiger charge is 2.26. The van der Waals surface area contributed by atoms with Crippen LogP contribution in [0.25, 0.3) is 0 Å². The molecule has 110 valence electrons. The Kier molecular flexibility index (Phi) is 4.74. The van der Waals surface area contributed by atoms with Crippen molar-refractivity contribution >= 4 is 16.0 Å². The molecule has 20 heavy (non-hydrogen) atoms. The maximum absolute atomic E-state index is 12.4. The van der Waals surface area contributed by atoms with Crippen molar-refractivity contribution in [3.63, 3.8) is 0 Å². The number of rotatable bonds is 4. The molecule has 0 amide bonds. The van der Waals surface area contributed by atoms with E-state index in [4.69, 9.17) is 9.47 Å². The first-order chi connectivity index (χ1) is 9.50. The summed E-state index contributed by atoms with van der Waals surface area (Å²) < 4.78 is 36.3. The number of hydrogen-bond donors (Lipinski definition) is 0. The molecule has 1 fully saturated rings. The van der Waals surface area contributed by atoms with E-state index in [2.05, 4.69) is 0 Å². The van der Waals surface area contributed by atoms with Gasteiger partial charge < -0.3 is 9.47 Å². The molecule has 6 nitrogen and oxygen atoms in total. The zero-order valence-electron chi connectivity index (χ0n) is 11.2. The third-order valence-electron chi connectivity index (χ3n) is 2.95. The minimum absolute atomic E-state index is 0.0712. The Labute approximate surface area is 118 Å². The van der Waals surface area contributed by atoms with Crippen LogP contribution in [0.5, 0.6) is 0 Å². The first-order valence-corrected chi connectivity index (χ1v) is 7.74.